The van der Waals surface area contributed by atoms with Crippen molar-refractivity contribution in [2.45, 2.75) is 24.8 Å². The highest BCUT2D eigenvalue weighted by Crippen LogP contribution is 2.12. The molecule has 0 saturated carbocycles. The van der Waals surface area contributed by atoms with Gasteiger partial charge in [0, 0.05) is 5.46 Å². The minimum atomic E-state index is -3.96. The normalized spacial score (nSPS) is 11.8. The highest BCUT2D eigenvalue weighted by molar-refractivity contribution is 7.87. The van der Waals surface area contributed by atoms with Crippen molar-refractivity contribution in [1.82, 2.24) is 0 Å². The Morgan fingerprint density at radius 2 is 1.81 bits per heavy atom. The van der Waals surface area contributed by atoms with E-state index in [1.54, 1.807) is 13.8 Å². The van der Waals surface area contributed by atoms with Gasteiger partial charge in [0.05, 0.1) is 11.0 Å². The molecule has 0 saturated heterocycles. The highest BCUT2D eigenvalue weighted by Gasteiger charge is 2.25. The van der Waals surface area contributed by atoms with E-state index in [0.717, 1.165) is 0 Å². The van der Waals surface area contributed by atoms with Crippen LogP contribution in [0.15, 0.2) is 29.2 Å². The Morgan fingerprint density at radius 3 is 2.31 bits per heavy atom. The molecule has 0 aromatic heterocycles. The van der Waals surface area contributed by atoms with Crippen LogP contribution in [-0.2, 0) is 14.3 Å². The molecule has 2 N–H and O–H groups in total. The summed E-state index contributed by atoms with van der Waals surface area (Å²) in [6, 6.07) is 5.60. The van der Waals surface area contributed by atoms with Crippen LogP contribution in [-0.4, -0.2) is 31.7 Å². The van der Waals surface area contributed by atoms with Gasteiger partial charge in [-0.3, -0.25) is 4.18 Å². The first-order valence-electron chi connectivity index (χ1n) is 4.73. The number of hydrogen-bond donors (Lipinski definition) is 2. The standard InChI is InChI=1S/C9H13BO5S/c1-7(2)15-16(13,14)9-6-4-3-5-8(9)10(11)12/h3-7,11-12H,1-2H3. The minimum absolute atomic E-state index is 0.0943. The molecule has 0 amide bonds. The molecule has 1 aromatic rings. The average Bonchev–Trinajstić information content (AvgIpc) is 2.15. The maximum Gasteiger partial charge on any atom is 0.489 e. The fourth-order valence-electron chi connectivity index (χ4n) is 1.23. The molecule has 0 unspecified atom stereocenters. The first-order chi connectivity index (χ1) is 7.34. The summed E-state index contributed by atoms with van der Waals surface area (Å²) in [4.78, 5) is -0.223. The van der Waals surface area contributed by atoms with Crippen molar-refractivity contribution in [1.29, 1.82) is 0 Å². The average molecular weight is 244 g/mol. The van der Waals surface area contributed by atoms with Crippen LogP contribution in [0.3, 0.4) is 0 Å². The van der Waals surface area contributed by atoms with Crippen molar-refractivity contribution in [3.8, 4) is 0 Å². The van der Waals surface area contributed by atoms with Gasteiger partial charge >= 0.3 is 7.12 Å². The molecule has 0 fully saturated rings. The molecule has 0 spiro atoms. The maximum atomic E-state index is 11.7. The molecule has 0 aliphatic rings. The number of benzene rings is 1. The second-order valence-corrected chi connectivity index (χ2v) is 5.05. The van der Waals surface area contributed by atoms with Gasteiger partial charge in [0.2, 0.25) is 0 Å². The van der Waals surface area contributed by atoms with E-state index in [2.05, 4.69) is 0 Å². The van der Waals surface area contributed by atoms with Crippen molar-refractivity contribution in [2.75, 3.05) is 0 Å². The topological polar surface area (TPSA) is 83.8 Å². The third kappa shape index (κ3) is 3.05. The molecule has 0 atom stereocenters. The van der Waals surface area contributed by atoms with Crippen molar-refractivity contribution in [3.63, 3.8) is 0 Å². The van der Waals surface area contributed by atoms with Gasteiger partial charge in [-0.05, 0) is 19.9 Å². The smallest absolute Gasteiger partial charge is 0.423 e. The van der Waals surface area contributed by atoms with Crippen LogP contribution in [0, 0.1) is 0 Å². The summed E-state index contributed by atoms with van der Waals surface area (Å²) < 4.78 is 28.2. The molecular weight excluding hydrogens is 231 g/mol. The molecule has 1 aromatic carbocycles. The zero-order valence-electron chi connectivity index (χ0n) is 8.99. The van der Waals surface area contributed by atoms with Crippen LogP contribution < -0.4 is 5.46 Å². The molecule has 5 nitrogen and oxygen atoms in total. The maximum absolute atomic E-state index is 11.7. The third-order valence-electron chi connectivity index (χ3n) is 1.79. The molecule has 0 bridgehead atoms. The van der Waals surface area contributed by atoms with Crippen LogP contribution in [0.2, 0.25) is 0 Å². The molecule has 0 heterocycles. The lowest BCUT2D eigenvalue weighted by Gasteiger charge is -2.11. The van der Waals surface area contributed by atoms with E-state index in [4.69, 9.17) is 14.2 Å². The first-order valence-corrected chi connectivity index (χ1v) is 6.14. The van der Waals surface area contributed by atoms with Crippen molar-refractivity contribution in [3.05, 3.63) is 24.3 Å². The second-order valence-electron chi connectivity index (χ2n) is 3.51. The van der Waals surface area contributed by atoms with Gasteiger partial charge < -0.3 is 10.0 Å². The fraction of sp³-hybridized carbons (Fsp3) is 0.333. The summed E-state index contributed by atoms with van der Waals surface area (Å²) in [6.45, 7) is 3.16. The van der Waals surface area contributed by atoms with Gasteiger partial charge in [-0.15, -0.1) is 0 Å². The van der Waals surface area contributed by atoms with E-state index >= 15 is 0 Å². The quantitative estimate of drug-likeness (QED) is 0.550. The van der Waals surface area contributed by atoms with E-state index < -0.39 is 23.3 Å². The predicted octanol–water partition coefficient (Wildman–Crippen LogP) is -0.520. The number of hydrogen-bond acceptors (Lipinski definition) is 5. The summed E-state index contributed by atoms with van der Waals surface area (Å²) in [5.41, 5.74) is -0.0943. The molecule has 16 heavy (non-hydrogen) atoms. The summed E-state index contributed by atoms with van der Waals surface area (Å²) >= 11 is 0. The largest absolute Gasteiger partial charge is 0.489 e. The van der Waals surface area contributed by atoms with Gasteiger partial charge in [0.1, 0.15) is 0 Å². The van der Waals surface area contributed by atoms with Crippen molar-refractivity contribution >= 4 is 22.7 Å². The van der Waals surface area contributed by atoms with Gasteiger partial charge in [0.15, 0.2) is 0 Å². The number of rotatable bonds is 4. The minimum Gasteiger partial charge on any atom is -0.423 e. The van der Waals surface area contributed by atoms with E-state index in [0.29, 0.717) is 0 Å². The first kappa shape index (κ1) is 13.2. The predicted molar refractivity (Wildman–Crippen MR) is 59.7 cm³/mol. The lowest BCUT2D eigenvalue weighted by molar-refractivity contribution is 0.249. The molecule has 0 radical (unpaired) electrons. The van der Waals surface area contributed by atoms with Crippen molar-refractivity contribution in [2.24, 2.45) is 0 Å². The monoisotopic (exact) mass is 244 g/mol. The molecule has 0 aliphatic heterocycles. The van der Waals surface area contributed by atoms with E-state index in [9.17, 15) is 8.42 Å². The Morgan fingerprint density at radius 1 is 1.25 bits per heavy atom. The van der Waals surface area contributed by atoms with Crippen LogP contribution in [0.1, 0.15) is 13.8 Å². The zero-order valence-corrected chi connectivity index (χ0v) is 9.81. The van der Waals surface area contributed by atoms with Crippen LogP contribution in [0.5, 0.6) is 0 Å². The zero-order chi connectivity index (χ0) is 12.3. The summed E-state index contributed by atoms with van der Waals surface area (Å²) in [7, 11) is -5.80. The molecular formula is C9H13BO5S. The molecule has 1 rings (SSSR count). The van der Waals surface area contributed by atoms with E-state index in [-0.39, 0.29) is 10.4 Å². The molecule has 0 aliphatic carbocycles. The summed E-state index contributed by atoms with van der Waals surface area (Å²) in [5, 5.41) is 18.1. The summed E-state index contributed by atoms with van der Waals surface area (Å²) in [6.07, 6.45) is -0.506. The third-order valence-corrected chi connectivity index (χ3v) is 3.33. The summed E-state index contributed by atoms with van der Waals surface area (Å²) in [5.74, 6) is 0. The Kier molecular flexibility index (Phi) is 4.09. The van der Waals surface area contributed by atoms with Gasteiger partial charge in [-0.1, -0.05) is 18.2 Å². The Balaban J connectivity index is 3.22. The Hall–Kier alpha value is -0.885. The van der Waals surface area contributed by atoms with E-state index in [1.807, 2.05) is 0 Å². The Bertz CT molecular complexity index is 455. The Labute approximate surface area is 95.0 Å². The lowest BCUT2D eigenvalue weighted by atomic mass is 9.80. The lowest BCUT2D eigenvalue weighted by Crippen LogP contribution is -2.35. The van der Waals surface area contributed by atoms with Crippen molar-refractivity contribution < 1.29 is 22.6 Å². The highest BCUT2D eigenvalue weighted by atomic mass is 32.2. The fourth-order valence-corrected chi connectivity index (χ4v) is 2.54. The van der Waals surface area contributed by atoms with Crippen LogP contribution in [0.4, 0.5) is 0 Å². The van der Waals surface area contributed by atoms with Gasteiger partial charge in [-0.2, -0.15) is 8.42 Å². The van der Waals surface area contributed by atoms with Gasteiger partial charge in [-0.25, -0.2) is 0 Å². The molecule has 7 heteroatoms. The second kappa shape index (κ2) is 4.96. The molecule has 88 valence electrons. The SMILES string of the molecule is CC(C)OS(=O)(=O)c1ccccc1B(O)O. The van der Waals surface area contributed by atoms with Crippen LogP contribution in [0.25, 0.3) is 0 Å². The van der Waals surface area contributed by atoms with Gasteiger partial charge in [0.25, 0.3) is 10.1 Å². The van der Waals surface area contributed by atoms with E-state index in [1.165, 1.54) is 24.3 Å². The van der Waals surface area contributed by atoms with Crippen LogP contribution >= 0.6 is 0 Å².